The molecule has 3 heteroatoms. The van der Waals surface area contributed by atoms with E-state index in [9.17, 15) is 4.39 Å². The van der Waals surface area contributed by atoms with Crippen LogP contribution in [0, 0.1) is 17.1 Å². The van der Waals surface area contributed by atoms with Crippen LogP contribution >= 0.6 is 0 Å². The largest absolute Gasteiger partial charge is 0.324 e. The van der Waals surface area contributed by atoms with Crippen molar-refractivity contribution in [2.24, 2.45) is 5.73 Å². The van der Waals surface area contributed by atoms with Crippen molar-refractivity contribution in [1.29, 1.82) is 5.26 Å². The van der Waals surface area contributed by atoms with E-state index in [4.69, 9.17) is 11.0 Å². The van der Waals surface area contributed by atoms with Gasteiger partial charge in [0.2, 0.25) is 0 Å². The van der Waals surface area contributed by atoms with E-state index in [1.807, 2.05) is 6.07 Å². The highest BCUT2D eigenvalue weighted by atomic mass is 19.1. The second kappa shape index (κ2) is 4.54. The smallest absolute Gasteiger partial charge is 0.128 e. The highest BCUT2D eigenvalue weighted by Crippen LogP contribution is 2.19. The van der Waals surface area contributed by atoms with Gasteiger partial charge in [0.1, 0.15) is 5.82 Å². The summed E-state index contributed by atoms with van der Waals surface area (Å²) in [6.45, 7) is 3.53. The van der Waals surface area contributed by atoms with Crippen LogP contribution in [0.2, 0.25) is 0 Å². The van der Waals surface area contributed by atoms with Gasteiger partial charge in [-0.15, -0.1) is 6.58 Å². The Morgan fingerprint density at radius 1 is 1.64 bits per heavy atom. The number of rotatable bonds is 3. The van der Waals surface area contributed by atoms with Crippen LogP contribution in [-0.2, 0) is 0 Å². The molecule has 14 heavy (non-hydrogen) atoms. The fraction of sp³-hybridized carbons (Fsp3) is 0.182. The third kappa shape index (κ3) is 2.18. The van der Waals surface area contributed by atoms with Crippen molar-refractivity contribution < 1.29 is 4.39 Å². The summed E-state index contributed by atoms with van der Waals surface area (Å²) < 4.78 is 13.3. The van der Waals surface area contributed by atoms with Crippen molar-refractivity contribution in [3.05, 3.63) is 47.8 Å². The molecule has 0 saturated heterocycles. The number of benzene rings is 1. The number of nitrogens with two attached hydrogens (primary N) is 1. The topological polar surface area (TPSA) is 49.8 Å². The second-order valence-electron chi connectivity index (χ2n) is 2.98. The summed E-state index contributed by atoms with van der Waals surface area (Å²) in [5.41, 5.74) is 6.49. The Morgan fingerprint density at radius 3 is 2.93 bits per heavy atom. The van der Waals surface area contributed by atoms with Crippen LogP contribution in [0.1, 0.15) is 23.6 Å². The van der Waals surface area contributed by atoms with Gasteiger partial charge in [-0.25, -0.2) is 4.39 Å². The predicted octanol–water partition coefficient (Wildman–Crippen LogP) is 2.27. The molecule has 0 spiro atoms. The lowest BCUT2D eigenvalue weighted by Crippen LogP contribution is -2.11. The van der Waals surface area contributed by atoms with Gasteiger partial charge < -0.3 is 5.73 Å². The van der Waals surface area contributed by atoms with Crippen LogP contribution in [0.5, 0.6) is 0 Å². The van der Waals surface area contributed by atoms with E-state index in [1.54, 1.807) is 6.08 Å². The first-order chi connectivity index (χ1) is 6.69. The molecule has 1 rings (SSSR count). The average Bonchev–Trinajstić information content (AvgIpc) is 2.19. The first kappa shape index (κ1) is 10.4. The van der Waals surface area contributed by atoms with Gasteiger partial charge in [-0.05, 0) is 24.6 Å². The highest BCUT2D eigenvalue weighted by Gasteiger charge is 2.10. The molecule has 1 atom stereocenters. The number of halogens is 1. The minimum absolute atomic E-state index is 0.365. The second-order valence-corrected chi connectivity index (χ2v) is 2.98. The van der Waals surface area contributed by atoms with Crippen molar-refractivity contribution in [2.45, 2.75) is 12.5 Å². The monoisotopic (exact) mass is 190 g/mol. The summed E-state index contributed by atoms with van der Waals surface area (Å²) in [7, 11) is 0. The molecule has 0 aliphatic rings. The van der Waals surface area contributed by atoms with E-state index in [1.165, 1.54) is 18.2 Å². The molecule has 0 heterocycles. The van der Waals surface area contributed by atoms with Crippen LogP contribution in [-0.4, -0.2) is 0 Å². The number of hydrogen-bond acceptors (Lipinski definition) is 2. The Kier molecular flexibility index (Phi) is 3.38. The van der Waals surface area contributed by atoms with Crippen molar-refractivity contribution in [1.82, 2.24) is 0 Å². The van der Waals surface area contributed by atoms with Crippen LogP contribution in [0.15, 0.2) is 30.9 Å². The van der Waals surface area contributed by atoms with Gasteiger partial charge in [0, 0.05) is 11.6 Å². The molecule has 0 unspecified atom stereocenters. The lowest BCUT2D eigenvalue weighted by atomic mass is 10.0. The highest BCUT2D eigenvalue weighted by molar-refractivity contribution is 5.35. The summed E-state index contributed by atoms with van der Waals surface area (Å²) in [5.74, 6) is -0.377. The summed E-state index contributed by atoms with van der Waals surface area (Å²) in [6.07, 6.45) is 2.12. The standard InChI is InChI=1S/C11H11FN2/c1-2-3-11(14)9-6-8(7-13)4-5-10(9)12/h2,4-6,11H,1,3,14H2/t11-/m0/s1. The minimum atomic E-state index is -0.430. The fourth-order valence-electron chi connectivity index (χ4n) is 1.20. The van der Waals surface area contributed by atoms with E-state index in [2.05, 4.69) is 6.58 Å². The fourth-order valence-corrected chi connectivity index (χ4v) is 1.20. The van der Waals surface area contributed by atoms with Gasteiger partial charge in [0.05, 0.1) is 11.6 Å². The van der Waals surface area contributed by atoms with Crippen LogP contribution in [0.4, 0.5) is 4.39 Å². The molecule has 0 aromatic heterocycles. The Hall–Kier alpha value is -1.66. The van der Waals surface area contributed by atoms with Gasteiger partial charge >= 0.3 is 0 Å². The lowest BCUT2D eigenvalue weighted by Gasteiger charge is -2.10. The lowest BCUT2D eigenvalue weighted by molar-refractivity contribution is 0.583. The normalized spacial score (nSPS) is 11.8. The van der Waals surface area contributed by atoms with Gasteiger partial charge in [0.25, 0.3) is 0 Å². The molecular formula is C11H11FN2. The molecule has 72 valence electrons. The van der Waals surface area contributed by atoms with E-state index in [0.29, 0.717) is 17.5 Å². The molecule has 0 bridgehead atoms. The molecule has 0 aliphatic carbocycles. The quantitative estimate of drug-likeness (QED) is 0.743. The summed E-state index contributed by atoms with van der Waals surface area (Å²) >= 11 is 0. The molecule has 2 nitrogen and oxygen atoms in total. The van der Waals surface area contributed by atoms with Gasteiger partial charge in [-0.1, -0.05) is 6.08 Å². The summed E-state index contributed by atoms with van der Waals surface area (Å²) in [6, 6.07) is 5.68. The maximum atomic E-state index is 13.3. The average molecular weight is 190 g/mol. The van der Waals surface area contributed by atoms with Crippen LogP contribution in [0.3, 0.4) is 0 Å². The first-order valence-electron chi connectivity index (χ1n) is 4.25. The molecule has 1 aromatic carbocycles. The van der Waals surface area contributed by atoms with Gasteiger partial charge in [-0.3, -0.25) is 0 Å². The predicted molar refractivity (Wildman–Crippen MR) is 52.9 cm³/mol. The molecule has 0 aliphatic heterocycles. The van der Waals surface area contributed by atoms with E-state index < -0.39 is 6.04 Å². The molecule has 2 N–H and O–H groups in total. The zero-order valence-corrected chi connectivity index (χ0v) is 7.70. The van der Waals surface area contributed by atoms with Gasteiger partial charge in [-0.2, -0.15) is 5.26 Å². The van der Waals surface area contributed by atoms with Crippen molar-refractivity contribution >= 4 is 0 Å². The Bertz CT molecular complexity index is 379. The van der Waals surface area contributed by atoms with E-state index in [0.717, 1.165) is 0 Å². The summed E-state index contributed by atoms with van der Waals surface area (Å²) in [5, 5.41) is 8.63. The molecule has 0 saturated carbocycles. The maximum Gasteiger partial charge on any atom is 0.128 e. The third-order valence-corrected chi connectivity index (χ3v) is 1.95. The van der Waals surface area contributed by atoms with Gasteiger partial charge in [0.15, 0.2) is 0 Å². The summed E-state index contributed by atoms with van der Waals surface area (Å²) in [4.78, 5) is 0. The minimum Gasteiger partial charge on any atom is -0.324 e. The zero-order valence-electron chi connectivity index (χ0n) is 7.70. The third-order valence-electron chi connectivity index (χ3n) is 1.95. The number of nitriles is 1. The Morgan fingerprint density at radius 2 is 2.36 bits per heavy atom. The molecule has 0 fully saturated rings. The van der Waals surface area contributed by atoms with E-state index >= 15 is 0 Å². The van der Waals surface area contributed by atoms with Crippen LogP contribution in [0.25, 0.3) is 0 Å². The molecule has 0 amide bonds. The number of hydrogen-bond donors (Lipinski definition) is 1. The van der Waals surface area contributed by atoms with Crippen molar-refractivity contribution in [2.75, 3.05) is 0 Å². The maximum absolute atomic E-state index is 13.3. The number of nitrogens with zero attached hydrogens (tertiary/aromatic N) is 1. The Labute approximate surface area is 82.5 Å². The zero-order chi connectivity index (χ0) is 10.6. The molecule has 0 radical (unpaired) electrons. The van der Waals surface area contributed by atoms with E-state index in [-0.39, 0.29) is 5.82 Å². The molecular weight excluding hydrogens is 179 g/mol. The SMILES string of the molecule is C=CC[C@H](N)c1cc(C#N)ccc1F. The first-order valence-corrected chi connectivity index (χ1v) is 4.25. The molecule has 1 aromatic rings. The Balaban J connectivity index is 3.06. The van der Waals surface area contributed by atoms with Crippen LogP contribution < -0.4 is 5.73 Å². The van der Waals surface area contributed by atoms with Crippen molar-refractivity contribution in [3.8, 4) is 6.07 Å². The van der Waals surface area contributed by atoms with Crippen molar-refractivity contribution in [3.63, 3.8) is 0 Å².